The molecule has 0 spiro atoms. The molecule has 1 aliphatic heterocycles. The van der Waals surface area contributed by atoms with E-state index in [9.17, 15) is 19.8 Å². The van der Waals surface area contributed by atoms with Gasteiger partial charge in [0.15, 0.2) is 6.29 Å². The predicted molar refractivity (Wildman–Crippen MR) is 244 cm³/mol. The van der Waals surface area contributed by atoms with Crippen LogP contribution in [0.25, 0.3) is 0 Å². The molecule has 7 rings (SSSR count). The predicted octanol–water partition coefficient (Wildman–Crippen LogP) is 8.84. The van der Waals surface area contributed by atoms with Gasteiger partial charge in [-0.2, -0.15) is 0 Å². The van der Waals surface area contributed by atoms with E-state index in [-0.39, 0.29) is 62.9 Å². The normalized spacial score (nSPS) is 22.5. The second kappa shape index (κ2) is 21.6. The zero-order valence-electron chi connectivity index (χ0n) is 37.0. The molecule has 0 radical (unpaired) electrons. The maximum Gasteiger partial charge on any atom is 0.239 e. The summed E-state index contributed by atoms with van der Waals surface area (Å²) in [6.07, 6.45) is 9.62. The van der Waals surface area contributed by atoms with Crippen molar-refractivity contribution in [2.24, 2.45) is 22.9 Å². The highest BCUT2D eigenvalue weighted by Crippen LogP contribution is 2.62. The molecule has 1 amide bonds. The van der Waals surface area contributed by atoms with E-state index in [1.807, 2.05) is 72.8 Å². The number of nitrogens with zero attached hydrogens (tertiary/aromatic N) is 2. The van der Waals surface area contributed by atoms with Crippen LogP contribution in [0.15, 0.2) is 120 Å². The van der Waals surface area contributed by atoms with Crippen LogP contribution in [0.1, 0.15) is 77.9 Å². The Morgan fingerprint density at radius 2 is 1.64 bits per heavy atom. The van der Waals surface area contributed by atoms with Crippen LogP contribution in [0, 0.1) is 17.8 Å². The number of fused-ring (bicyclic) bond motifs is 2. The Kier molecular flexibility index (Phi) is 15.6. The van der Waals surface area contributed by atoms with E-state index >= 15 is 0 Å². The Labute approximate surface area is 376 Å². The number of methoxy groups -OCH3 is 2. The number of amides is 1. The number of ether oxygens (including phenoxy) is 5. The molecule has 3 aliphatic rings. The van der Waals surface area contributed by atoms with Gasteiger partial charge in [-0.1, -0.05) is 72.6 Å². The first-order valence-corrected chi connectivity index (χ1v) is 22.2. The summed E-state index contributed by atoms with van der Waals surface area (Å²) in [7, 11) is 4.92. The molecule has 1 fully saturated rings. The quantitative estimate of drug-likeness (QED) is 0.0340. The van der Waals surface area contributed by atoms with E-state index in [0.717, 1.165) is 54.2 Å². The first kappa shape index (κ1) is 46.1. The summed E-state index contributed by atoms with van der Waals surface area (Å²) in [5, 5.41) is 24.8. The summed E-state index contributed by atoms with van der Waals surface area (Å²) in [5.74, 6) is 0.503. The Hall–Kier alpha value is -5.95. The van der Waals surface area contributed by atoms with Crippen LogP contribution in [0.5, 0.6) is 28.7 Å². The van der Waals surface area contributed by atoms with Crippen LogP contribution in [-0.4, -0.2) is 85.9 Å². The number of likely N-dealkylation sites (N-methyl/N-ethyl adjacent to an activating group) is 1. The average Bonchev–Trinajstić information content (AvgIpc) is 3.32. The van der Waals surface area contributed by atoms with Gasteiger partial charge in [0.2, 0.25) is 11.7 Å². The molecule has 4 aromatic carbocycles. The number of rotatable bonds is 22. The summed E-state index contributed by atoms with van der Waals surface area (Å²) < 4.78 is 31.7. The Bertz CT molecular complexity index is 2290. The molecule has 6 atom stereocenters. The summed E-state index contributed by atoms with van der Waals surface area (Å²) in [6.45, 7) is 4.59. The molecular weight excluding hydrogens is 813 g/mol. The fourth-order valence-corrected chi connectivity index (χ4v) is 9.81. The fraction of sp³-hybridized carbons (Fsp3) is 0.404. The molecule has 1 saturated carbocycles. The minimum absolute atomic E-state index is 0.0225. The molecule has 1 heterocycles. The number of benzene rings is 4. The van der Waals surface area contributed by atoms with Crippen LogP contribution >= 0.6 is 0 Å². The van der Waals surface area contributed by atoms with Gasteiger partial charge in [-0.25, -0.2) is 0 Å². The summed E-state index contributed by atoms with van der Waals surface area (Å²) in [6, 6.07) is 27.5. The molecule has 12 heteroatoms. The summed E-state index contributed by atoms with van der Waals surface area (Å²) in [4.78, 5) is 34.5. The highest BCUT2D eigenvalue weighted by molar-refractivity contribution is 6.03. The van der Waals surface area contributed by atoms with Crippen LogP contribution in [0.4, 0.5) is 0 Å². The van der Waals surface area contributed by atoms with Gasteiger partial charge in [-0.3, -0.25) is 9.59 Å². The third-order valence-corrected chi connectivity index (χ3v) is 12.8. The monoisotopic (exact) mass is 872 g/mol. The molecule has 6 unspecified atom stereocenters. The molecule has 64 heavy (non-hydrogen) atoms. The van der Waals surface area contributed by atoms with E-state index in [1.165, 1.54) is 7.11 Å². The van der Waals surface area contributed by atoms with Crippen molar-refractivity contribution in [3.8, 4) is 28.7 Å². The van der Waals surface area contributed by atoms with Gasteiger partial charge in [-0.15, -0.1) is 6.58 Å². The number of hydrogen-bond donors (Lipinski definition) is 2. The molecule has 338 valence electrons. The second-order valence-electron chi connectivity index (χ2n) is 16.7. The number of carbonyl (C=O) groups excluding carboxylic acids is 2. The SMILES string of the molecule is C=CCOC12Oc3ccc(Oc4ccc(OC)c(C=O)c4)cc3C3C(CCCCO)C(CCCCO)C=C(C(=NOCc4ccccc4)CC1N(C)C(=O)Cc1cccc(OC)c1)C32. The van der Waals surface area contributed by atoms with Crippen molar-refractivity contribution in [1.82, 2.24) is 4.90 Å². The number of aldehydes is 1. The zero-order valence-corrected chi connectivity index (χ0v) is 37.0. The topological polar surface area (TPSA) is 146 Å². The molecule has 4 aromatic rings. The zero-order chi connectivity index (χ0) is 45.1. The van der Waals surface area contributed by atoms with E-state index in [4.69, 9.17) is 33.7 Å². The van der Waals surface area contributed by atoms with Crippen molar-refractivity contribution in [3.63, 3.8) is 0 Å². The first-order valence-electron chi connectivity index (χ1n) is 22.2. The van der Waals surface area contributed by atoms with Gasteiger partial charge < -0.3 is 43.6 Å². The number of hydrogen-bond acceptors (Lipinski definition) is 11. The van der Waals surface area contributed by atoms with Gasteiger partial charge in [0.05, 0.1) is 44.4 Å². The largest absolute Gasteiger partial charge is 0.497 e. The molecule has 2 N–H and O–H groups in total. The fourth-order valence-electron chi connectivity index (χ4n) is 9.81. The Balaban J connectivity index is 1.40. The molecular formula is C52H60N2O10. The van der Waals surface area contributed by atoms with Crippen molar-refractivity contribution in [1.29, 1.82) is 0 Å². The van der Waals surface area contributed by atoms with Crippen LogP contribution < -0.4 is 18.9 Å². The van der Waals surface area contributed by atoms with E-state index in [2.05, 4.69) is 12.7 Å². The Morgan fingerprint density at radius 3 is 2.38 bits per heavy atom. The lowest BCUT2D eigenvalue weighted by molar-refractivity contribution is -0.255. The minimum atomic E-state index is -1.41. The third-order valence-electron chi connectivity index (χ3n) is 12.8. The number of carbonyl (C=O) groups is 2. The Morgan fingerprint density at radius 1 is 0.891 bits per heavy atom. The van der Waals surface area contributed by atoms with Crippen molar-refractivity contribution in [2.45, 2.75) is 75.7 Å². The van der Waals surface area contributed by atoms with E-state index in [0.29, 0.717) is 52.9 Å². The number of aliphatic hydroxyl groups is 2. The van der Waals surface area contributed by atoms with Crippen LogP contribution in [0.2, 0.25) is 0 Å². The van der Waals surface area contributed by atoms with Gasteiger partial charge in [0, 0.05) is 38.2 Å². The molecule has 0 bridgehead atoms. The van der Waals surface area contributed by atoms with Crippen molar-refractivity contribution < 1.29 is 48.3 Å². The van der Waals surface area contributed by atoms with E-state index in [1.54, 1.807) is 43.3 Å². The molecule has 0 aromatic heterocycles. The second-order valence-corrected chi connectivity index (χ2v) is 16.7. The highest BCUT2D eigenvalue weighted by Gasteiger charge is 2.65. The molecule has 0 saturated heterocycles. The minimum Gasteiger partial charge on any atom is -0.497 e. The lowest BCUT2D eigenvalue weighted by Gasteiger charge is -2.59. The maximum absolute atomic E-state index is 14.6. The molecule has 2 aliphatic carbocycles. The lowest BCUT2D eigenvalue weighted by atomic mass is 9.55. The smallest absolute Gasteiger partial charge is 0.239 e. The number of unbranched alkanes of at least 4 members (excludes halogenated alkanes) is 2. The first-order chi connectivity index (χ1) is 31.3. The van der Waals surface area contributed by atoms with Gasteiger partial charge in [0.1, 0.15) is 41.4 Å². The van der Waals surface area contributed by atoms with E-state index < -0.39 is 17.7 Å². The maximum atomic E-state index is 14.6. The highest BCUT2D eigenvalue weighted by atomic mass is 16.7. The summed E-state index contributed by atoms with van der Waals surface area (Å²) >= 11 is 0. The van der Waals surface area contributed by atoms with Crippen molar-refractivity contribution in [3.05, 3.63) is 138 Å². The van der Waals surface area contributed by atoms with Crippen LogP contribution in [0.3, 0.4) is 0 Å². The van der Waals surface area contributed by atoms with Crippen molar-refractivity contribution >= 4 is 17.9 Å². The number of oxime groups is 1. The lowest BCUT2D eigenvalue weighted by Crippen LogP contribution is -2.69. The number of allylic oxidation sites excluding steroid dienone is 1. The number of aliphatic hydroxyl groups excluding tert-OH is 2. The molecule has 12 nitrogen and oxygen atoms in total. The van der Waals surface area contributed by atoms with Crippen molar-refractivity contribution in [2.75, 3.05) is 41.1 Å². The van der Waals surface area contributed by atoms with Gasteiger partial charge in [-0.05, 0) is 103 Å². The average molecular weight is 873 g/mol. The van der Waals surface area contributed by atoms with Crippen LogP contribution in [-0.2, 0) is 27.4 Å². The summed E-state index contributed by atoms with van der Waals surface area (Å²) in [5.41, 5.74) is 4.68. The van der Waals surface area contributed by atoms with Gasteiger partial charge in [0.25, 0.3) is 0 Å². The van der Waals surface area contributed by atoms with Gasteiger partial charge >= 0.3 is 0 Å². The standard InChI is InChI=1S/C52H60N2O10/c1-5-26-61-52-48(54(2)49(58)28-36-16-13-18-39(27-36)59-3)32-45(53-62-34-35-14-7-6-8-15-35)43-30-37(17-9-11-24-55)42(19-10-12-25-56)50(51(43)52)44-31-41(21-23-47(44)64-52)63-40-20-22-46(60-4)38(29-40)33-57/h5-8,13-16,18,20-23,27,29-31,33,37,42,48,50-51,55-56H,1,9-12,17,19,24-26,28,32,34H2,2-4H3. The third kappa shape index (κ3) is 10.0.